The summed E-state index contributed by atoms with van der Waals surface area (Å²) in [4.78, 5) is 33.5. The van der Waals surface area contributed by atoms with Crippen LogP contribution < -0.4 is 0 Å². The van der Waals surface area contributed by atoms with E-state index in [9.17, 15) is 27.6 Å². The molecule has 0 aromatic carbocycles. The minimum atomic E-state index is -4.98. The summed E-state index contributed by atoms with van der Waals surface area (Å²) in [6.07, 6.45) is -5.35. The highest BCUT2D eigenvalue weighted by Gasteiger charge is 2.41. The fourth-order valence-electron chi connectivity index (χ4n) is 1.06. The summed E-state index contributed by atoms with van der Waals surface area (Å²) in [5, 5.41) is 8.40. The summed E-state index contributed by atoms with van der Waals surface area (Å²) in [5.41, 5.74) is 0. The van der Waals surface area contributed by atoms with Crippen molar-refractivity contribution in [3.05, 3.63) is 0 Å². The van der Waals surface area contributed by atoms with Crippen LogP contribution in [0.1, 0.15) is 6.42 Å². The molecule has 0 fully saturated rings. The maximum atomic E-state index is 12.0. The Bertz CT molecular complexity index is 343. The predicted molar refractivity (Wildman–Crippen MR) is 53.6 cm³/mol. The number of halogens is 3. The molecule has 18 heavy (non-hydrogen) atoms. The van der Waals surface area contributed by atoms with Gasteiger partial charge in [-0.2, -0.15) is 13.2 Å². The number of aliphatic carboxylic acids is 1. The van der Waals surface area contributed by atoms with Crippen LogP contribution in [0.4, 0.5) is 13.2 Å². The lowest BCUT2D eigenvalue weighted by molar-refractivity contribution is -0.184. The molecule has 1 N–H and O–H groups in total. The zero-order valence-electron chi connectivity index (χ0n) is 9.82. The Labute approximate surface area is 101 Å². The van der Waals surface area contributed by atoms with Crippen LogP contribution in [0, 0.1) is 0 Å². The quantitative estimate of drug-likeness (QED) is 0.759. The highest BCUT2D eigenvalue weighted by molar-refractivity contribution is 5.83. The monoisotopic (exact) mass is 270 g/mol. The van der Waals surface area contributed by atoms with E-state index in [0.717, 1.165) is 11.9 Å². The van der Waals surface area contributed by atoms with Gasteiger partial charge in [0.05, 0.1) is 0 Å². The first-order valence-corrected chi connectivity index (χ1v) is 4.83. The SMILES string of the molecule is CN(CC(=O)O)C(=O)CCN(C)C(=O)C(F)(F)F. The second-order valence-electron chi connectivity index (χ2n) is 3.62. The van der Waals surface area contributed by atoms with Gasteiger partial charge >= 0.3 is 18.1 Å². The maximum Gasteiger partial charge on any atom is 0.471 e. The van der Waals surface area contributed by atoms with E-state index in [4.69, 9.17) is 5.11 Å². The first kappa shape index (κ1) is 16.2. The topological polar surface area (TPSA) is 77.9 Å². The fourth-order valence-corrected chi connectivity index (χ4v) is 1.06. The second-order valence-corrected chi connectivity index (χ2v) is 3.62. The van der Waals surface area contributed by atoms with Gasteiger partial charge in [-0.05, 0) is 0 Å². The van der Waals surface area contributed by atoms with Gasteiger partial charge in [0.1, 0.15) is 6.54 Å². The number of nitrogens with zero attached hydrogens (tertiary/aromatic N) is 2. The third kappa shape index (κ3) is 5.51. The van der Waals surface area contributed by atoms with E-state index < -0.39 is 37.0 Å². The van der Waals surface area contributed by atoms with Crippen LogP contribution in [0.3, 0.4) is 0 Å². The van der Waals surface area contributed by atoms with E-state index in [1.165, 1.54) is 7.05 Å². The molecule has 2 amide bonds. The van der Waals surface area contributed by atoms with Crippen molar-refractivity contribution < 1.29 is 32.7 Å². The molecule has 6 nitrogen and oxygen atoms in total. The van der Waals surface area contributed by atoms with Crippen molar-refractivity contribution in [3.8, 4) is 0 Å². The molecule has 104 valence electrons. The average Bonchev–Trinajstić information content (AvgIpc) is 2.21. The van der Waals surface area contributed by atoms with Gasteiger partial charge in [-0.3, -0.25) is 14.4 Å². The van der Waals surface area contributed by atoms with Crippen molar-refractivity contribution in [1.29, 1.82) is 0 Å². The maximum absolute atomic E-state index is 12.0. The third-order valence-corrected chi connectivity index (χ3v) is 2.05. The van der Waals surface area contributed by atoms with Crippen molar-refractivity contribution in [3.63, 3.8) is 0 Å². The molecule has 0 heterocycles. The lowest BCUT2D eigenvalue weighted by Gasteiger charge is -2.20. The highest BCUT2D eigenvalue weighted by atomic mass is 19.4. The molecule has 0 aromatic heterocycles. The number of hydrogen-bond acceptors (Lipinski definition) is 3. The van der Waals surface area contributed by atoms with E-state index in [1.54, 1.807) is 0 Å². The highest BCUT2D eigenvalue weighted by Crippen LogP contribution is 2.17. The Kier molecular flexibility index (Phi) is 5.60. The van der Waals surface area contributed by atoms with Crippen molar-refractivity contribution in [2.45, 2.75) is 12.6 Å². The van der Waals surface area contributed by atoms with E-state index >= 15 is 0 Å². The lowest BCUT2D eigenvalue weighted by Crippen LogP contribution is -2.41. The van der Waals surface area contributed by atoms with E-state index in [2.05, 4.69) is 0 Å². The van der Waals surface area contributed by atoms with Gasteiger partial charge in [-0.25, -0.2) is 0 Å². The van der Waals surface area contributed by atoms with Gasteiger partial charge in [-0.1, -0.05) is 0 Å². The summed E-state index contributed by atoms with van der Waals surface area (Å²) in [6, 6.07) is 0. The van der Waals surface area contributed by atoms with Crippen LogP contribution in [0.5, 0.6) is 0 Å². The number of carboxylic acid groups (broad SMARTS) is 1. The first-order chi connectivity index (χ1) is 8.05. The smallest absolute Gasteiger partial charge is 0.471 e. The zero-order chi connectivity index (χ0) is 14.5. The van der Waals surface area contributed by atoms with Crippen molar-refractivity contribution in [1.82, 2.24) is 9.80 Å². The number of likely N-dealkylation sites (N-methyl/N-ethyl adjacent to an activating group) is 1. The molecule has 0 rings (SSSR count). The number of alkyl halides is 3. The third-order valence-electron chi connectivity index (χ3n) is 2.05. The zero-order valence-corrected chi connectivity index (χ0v) is 9.82. The number of carbonyl (C=O) groups is 3. The van der Waals surface area contributed by atoms with Crippen LogP contribution in [0.2, 0.25) is 0 Å². The van der Waals surface area contributed by atoms with Crippen LogP contribution in [0.25, 0.3) is 0 Å². The van der Waals surface area contributed by atoms with Crippen molar-refractivity contribution >= 4 is 17.8 Å². The molecule has 9 heteroatoms. The molecule has 0 aliphatic rings. The van der Waals surface area contributed by atoms with Crippen LogP contribution in [-0.4, -0.2) is 66.1 Å². The summed E-state index contributed by atoms with van der Waals surface area (Å²) < 4.78 is 36.0. The predicted octanol–water partition coefficient (Wildman–Crippen LogP) is -0.0598. The summed E-state index contributed by atoms with van der Waals surface area (Å²) in [5.74, 6) is -3.93. The molecular weight excluding hydrogens is 257 g/mol. The van der Waals surface area contributed by atoms with Gasteiger partial charge in [-0.15, -0.1) is 0 Å². The summed E-state index contributed by atoms with van der Waals surface area (Å²) in [6.45, 7) is -0.975. The minimum Gasteiger partial charge on any atom is -0.480 e. The number of hydrogen-bond donors (Lipinski definition) is 1. The van der Waals surface area contributed by atoms with Crippen molar-refractivity contribution in [2.75, 3.05) is 27.2 Å². The van der Waals surface area contributed by atoms with Gasteiger partial charge in [0.2, 0.25) is 5.91 Å². The second kappa shape index (κ2) is 6.22. The normalized spacial score (nSPS) is 10.9. The molecule has 0 unspecified atom stereocenters. The Morgan fingerprint density at radius 2 is 1.61 bits per heavy atom. The average molecular weight is 270 g/mol. The molecule has 0 spiro atoms. The van der Waals surface area contributed by atoms with E-state index in [0.29, 0.717) is 4.90 Å². The Balaban J connectivity index is 4.21. The number of rotatable bonds is 5. The summed E-state index contributed by atoms with van der Waals surface area (Å²) >= 11 is 0. The largest absolute Gasteiger partial charge is 0.480 e. The number of amides is 2. The molecule has 0 atom stereocenters. The molecule has 0 aliphatic heterocycles. The molecule has 0 saturated carbocycles. The Hall–Kier alpha value is -1.80. The molecule has 0 saturated heterocycles. The lowest BCUT2D eigenvalue weighted by atomic mass is 10.3. The van der Waals surface area contributed by atoms with Crippen LogP contribution in [-0.2, 0) is 14.4 Å². The molecule has 0 radical (unpaired) electrons. The Morgan fingerprint density at radius 1 is 1.11 bits per heavy atom. The van der Waals surface area contributed by atoms with E-state index in [1.807, 2.05) is 0 Å². The van der Waals surface area contributed by atoms with Gasteiger partial charge < -0.3 is 14.9 Å². The fraction of sp³-hybridized carbons (Fsp3) is 0.667. The number of carboxylic acids is 1. The van der Waals surface area contributed by atoms with Crippen LogP contribution >= 0.6 is 0 Å². The van der Waals surface area contributed by atoms with Crippen molar-refractivity contribution in [2.24, 2.45) is 0 Å². The molecule has 0 bridgehead atoms. The van der Waals surface area contributed by atoms with Gasteiger partial charge in [0, 0.05) is 27.1 Å². The Morgan fingerprint density at radius 3 is 2.00 bits per heavy atom. The molecule has 0 aliphatic carbocycles. The number of carbonyl (C=O) groups excluding carboxylic acids is 2. The minimum absolute atomic E-state index is 0.368. The standard InChI is InChI=1S/C9H13F3N2O4/c1-13(8(18)9(10,11)12)4-3-6(15)14(2)5-7(16)17/h3-5H2,1-2H3,(H,16,17). The summed E-state index contributed by atoms with van der Waals surface area (Å²) in [7, 11) is 2.13. The van der Waals surface area contributed by atoms with Crippen LogP contribution in [0.15, 0.2) is 0 Å². The van der Waals surface area contributed by atoms with Gasteiger partial charge in [0.25, 0.3) is 0 Å². The molecular formula is C9H13F3N2O4. The molecule has 0 aromatic rings. The first-order valence-electron chi connectivity index (χ1n) is 4.83. The van der Waals surface area contributed by atoms with Gasteiger partial charge in [0.15, 0.2) is 0 Å². The van der Waals surface area contributed by atoms with E-state index in [-0.39, 0.29) is 6.42 Å².